The number of hydrogen-bond acceptors (Lipinski definition) is 5. The van der Waals surface area contributed by atoms with Gasteiger partial charge in [0.1, 0.15) is 11.7 Å². The molecule has 1 heterocycles. The predicted molar refractivity (Wildman–Crippen MR) is 121 cm³/mol. The molecule has 1 aromatic heterocycles. The van der Waals surface area contributed by atoms with Gasteiger partial charge in [0.2, 0.25) is 10.0 Å². The Labute approximate surface area is 180 Å². The number of amides is 1. The van der Waals surface area contributed by atoms with Crippen LogP contribution in [0.3, 0.4) is 0 Å². The van der Waals surface area contributed by atoms with Crippen molar-refractivity contribution in [1.82, 2.24) is 10.4 Å². The van der Waals surface area contributed by atoms with E-state index in [-0.39, 0.29) is 5.15 Å². The molecule has 30 heavy (non-hydrogen) atoms. The minimum atomic E-state index is -3.65. The van der Waals surface area contributed by atoms with Gasteiger partial charge in [0, 0.05) is 10.9 Å². The lowest BCUT2D eigenvalue weighted by Gasteiger charge is -2.21. The van der Waals surface area contributed by atoms with Crippen molar-refractivity contribution in [2.24, 2.45) is 5.10 Å². The quantitative estimate of drug-likeness (QED) is 0.358. The van der Waals surface area contributed by atoms with Crippen molar-refractivity contribution in [2.45, 2.75) is 13.8 Å². The van der Waals surface area contributed by atoms with E-state index in [0.29, 0.717) is 11.3 Å². The number of fused-ring (bicyclic) bond motifs is 1. The Balaban J connectivity index is 1.74. The minimum absolute atomic E-state index is 0.253. The van der Waals surface area contributed by atoms with Crippen LogP contribution in [0, 0.1) is 13.8 Å². The van der Waals surface area contributed by atoms with Crippen molar-refractivity contribution >= 4 is 50.3 Å². The second kappa shape index (κ2) is 8.81. The third kappa shape index (κ3) is 5.34. The summed E-state index contributed by atoms with van der Waals surface area (Å²) >= 11 is 6.21. The van der Waals surface area contributed by atoms with Crippen LogP contribution in [-0.2, 0) is 14.8 Å². The lowest BCUT2D eigenvalue weighted by atomic mass is 10.1. The summed E-state index contributed by atoms with van der Waals surface area (Å²) in [6.07, 6.45) is 2.43. The van der Waals surface area contributed by atoms with E-state index in [4.69, 9.17) is 11.6 Å². The summed E-state index contributed by atoms with van der Waals surface area (Å²) in [5.41, 5.74) is 6.01. The van der Waals surface area contributed by atoms with Crippen LogP contribution in [0.2, 0.25) is 5.15 Å². The maximum absolute atomic E-state index is 12.3. The first-order valence-corrected chi connectivity index (χ1v) is 11.3. The number of hydrazone groups is 1. The summed E-state index contributed by atoms with van der Waals surface area (Å²) in [6, 6.07) is 14.5. The molecule has 0 fully saturated rings. The Morgan fingerprint density at radius 2 is 1.90 bits per heavy atom. The van der Waals surface area contributed by atoms with Crippen LogP contribution in [-0.4, -0.2) is 38.3 Å². The summed E-state index contributed by atoms with van der Waals surface area (Å²) < 4.78 is 25.3. The maximum Gasteiger partial charge on any atom is 0.260 e. The third-order valence-corrected chi connectivity index (χ3v) is 5.77. The van der Waals surface area contributed by atoms with E-state index in [2.05, 4.69) is 15.5 Å². The number of halogens is 1. The monoisotopic (exact) mass is 444 g/mol. The summed E-state index contributed by atoms with van der Waals surface area (Å²) in [4.78, 5) is 16.6. The standard InChI is InChI=1S/C21H21ClN4O3S/c1-14-5-4-6-18(9-14)26(30(3,28)29)13-20(27)25-23-12-17-11-16-8-7-15(2)10-19(16)24-21(17)22/h4-12H,13H2,1-3H3,(H,25,27). The van der Waals surface area contributed by atoms with Crippen LogP contribution in [0.25, 0.3) is 10.9 Å². The molecule has 0 aliphatic heterocycles. The fraction of sp³-hybridized carbons (Fsp3) is 0.190. The molecule has 156 valence electrons. The second-order valence-electron chi connectivity index (χ2n) is 6.97. The van der Waals surface area contributed by atoms with Crippen molar-refractivity contribution in [3.05, 3.63) is 70.4 Å². The molecule has 0 aliphatic carbocycles. The van der Waals surface area contributed by atoms with Crippen molar-refractivity contribution in [3.8, 4) is 0 Å². The van der Waals surface area contributed by atoms with Gasteiger partial charge in [0.15, 0.2) is 0 Å². The number of anilines is 1. The van der Waals surface area contributed by atoms with E-state index in [1.54, 1.807) is 18.2 Å². The molecule has 0 spiro atoms. The summed E-state index contributed by atoms with van der Waals surface area (Å²) in [5.74, 6) is -0.585. The number of hydrogen-bond donors (Lipinski definition) is 1. The number of carbonyl (C=O) groups is 1. The molecule has 1 amide bonds. The smallest absolute Gasteiger partial charge is 0.260 e. The molecule has 9 heteroatoms. The highest BCUT2D eigenvalue weighted by atomic mass is 35.5. The molecule has 0 saturated heterocycles. The van der Waals surface area contributed by atoms with Crippen LogP contribution >= 0.6 is 11.6 Å². The van der Waals surface area contributed by atoms with E-state index in [0.717, 1.165) is 32.6 Å². The van der Waals surface area contributed by atoms with Crippen LogP contribution in [0.1, 0.15) is 16.7 Å². The highest BCUT2D eigenvalue weighted by molar-refractivity contribution is 7.92. The van der Waals surface area contributed by atoms with Crippen molar-refractivity contribution in [3.63, 3.8) is 0 Å². The Kier molecular flexibility index (Phi) is 6.38. The Morgan fingerprint density at radius 1 is 1.17 bits per heavy atom. The molecule has 0 aliphatic rings. The fourth-order valence-electron chi connectivity index (χ4n) is 2.88. The van der Waals surface area contributed by atoms with Crippen LogP contribution in [0.15, 0.2) is 53.6 Å². The third-order valence-electron chi connectivity index (χ3n) is 4.32. The molecule has 7 nitrogen and oxygen atoms in total. The molecule has 1 N–H and O–H groups in total. The predicted octanol–water partition coefficient (Wildman–Crippen LogP) is 3.42. The number of nitrogens with one attached hydrogen (secondary N) is 1. The zero-order chi connectivity index (χ0) is 21.9. The van der Waals surface area contributed by atoms with Gasteiger partial charge >= 0.3 is 0 Å². The van der Waals surface area contributed by atoms with Crippen LogP contribution in [0.5, 0.6) is 0 Å². The van der Waals surface area contributed by atoms with Crippen molar-refractivity contribution < 1.29 is 13.2 Å². The first-order chi connectivity index (χ1) is 14.1. The zero-order valence-corrected chi connectivity index (χ0v) is 18.3. The van der Waals surface area contributed by atoms with E-state index in [9.17, 15) is 13.2 Å². The zero-order valence-electron chi connectivity index (χ0n) is 16.8. The highest BCUT2D eigenvalue weighted by Crippen LogP contribution is 2.21. The number of nitrogens with zero attached hydrogens (tertiary/aromatic N) is 3. The van der Waals surface area contributed by atoms with Gasteiger partial charge in [-0.05, 0) is 49.2 Å². The largest absolute Gasteiger partial charge is 0.271 e. The maximum atomic E-state index is 12.3. The number of benzene rings is 2. The van der Waals surface area contributed by atoms with Gasteiger partial charge in [0.05, 0.1) is 23.7 Å². The van der Waals surface area contributed by atoms with Gasteiger partial charge in [-0.15, -0.1) is 0 Å². The van der Waals surface area contributed by atoms with Gasteiger partial charge in [-0.1, -0.05) is 35.9 Å². The number of carbonyl (C=O) groups excluding carboxylic acids is 1. The van der Waals surface area contributed by atoms with Gasteiger partial charge in [-0.3, -0.25) is 9.10 Å². The molecule has 3 rings (SSSR count). The van der Waals surface area contributed by atoms with Gasteiger partial charge < -0.3 is 0 Å². The lowest BCUT2D eigenvalue weighted by Crippen LogP contribution is -2.39. The van der Waals surface area contributed by atoms with Crippen molar-refractivity contribution in [2.75, 3.05) is 17.1 Å². The molecular formula is C21H21ClN4O3S. The molecule has 0 atom stereocenters. The van der Waals surface area contributed by atoms with E-state index in [1.807, 2.05) is 44.2 Å². The van der Waals surface area contributed by atoms with Crippen LogP contribution in [0.4, 0.5) is 5.69 Å². The van der Waals surface area contributed by atoms with Crippen LogP contribution < -0.4 is 9.73 Å². The average Bonchev–Trinajstić information content (AvgIpc) is 2.65. The second-order valence-corrected chi connectivity index (χ2v) is 9.23. The van der Waals surface area contributed by atoms with Gasteiger partial charge in [-0.2, -0.15) is 5.10 Å². The Morgan fingerprint density at radius 3 is 2.60 bits per heavy atom. The first kappa shape index (κ1) is 21.7. The van der Waals surface area contributed by atoms with Gasteiger partial charge in [0.25, 0.3) is 5.91 Å². The highest BCUT2D eigenvalue weighted by Gasteiger charge is 2.20. The van der Waals surface area contributed by atoms with E-state index >= 15 is 0 Å². The molecular weight excluding hydrogens is 424 g/mol. The number of sulfonamides is 1. The molecule has 0 saturated carbocycles. The molecule has 0 unspecified atom stereocenters. The van der Waals surface area contributed by atoms with Crippen molar-refractivity contribution in [1.29, 1.82) is 0 Å². The normalized spacial score (nSPS) is 11.7. The average molecular weight is 445 g/mol. The molecule has 2 aromatic carbocycles. The first-order valence-electron chi connectivity index (χ1n) is 9.07. The molecule has 3 aromatic rings. The number of aryl methyl sites for hydroxylation is 2. The summed E-state index contributed by atoms with van der Waals surface area (Å²) in [7, 11) is -3.65. The SMILES string of the molecule is Cc1cccc(N(CC(=O)NN=Cc2cc3ccc(C)cc3nc2Cl)S(C)(=O)=O)c1. The van der Waals surface area contributed by atoms with Gasteiger partial charge in [-0.25, -0.2) is 18.8 Å². The molecule has 0 radical (unpaired) electrons. The van der Waals surface area contributed by atoms with E-state index < -0.39 is 22.5 Å². The number of pyridine rings is 1. The fourth-order valence-corrected chi connectivity index (χ4v) is 3.93. The van der Waals surface area contributed by atoms with E-state index in [1.165, 1.54) is 6.21 Å². The lowest BCUT2D eigenvalue weighted by molar-refractivity contribution is -0.119. The summed E-state index contributed by atoms with van der Waals surface area (Å²) in [6.45, 7) is 3.41. The Bertz CT molecular complexity index is 1240. The number of aromatic nitrogens is 1. The minimum Gasteiger partial charge on any atom is -0.271 e. The Hall–Kier alpha value is -2.97. The summed E-state index contributed by atoms with van der Waals surface area (Å²) in [5, 5.41) is 5.05. The topological polar surface area (TPSA) is 91.7 Å². The number of rotatable bonds is 6. The molecule has 0 bridgehead atoms.